The van der Waals surface area contributed by atoms with E-state index in [-0.39, 0.29) is 11.2 Å². The van der Waals surface area contributed by atoms with Crippen molar-refractivity contribution in [2.75, 3.05) is 31.4 Å². The Morgan fingerprint density at radius 3 is 2.52 bits per heavy atom. The molecule has 0 fully saturated rings. The van der Waals surface area contributed by atoms with Crippen molar-refractivity contribution in [3.63, 3.8) is 0 Å². The fourth-order valence-electron chi connectivity index (χ4n) is 2.52. The van der Waals surface area contributed by atoms with Gasteiger partial charge in [0.05, 0.1) is 12.8 Å². The summed E-state index contributed by atoms with van der Waals surface area (Å²) in [6.07, 6.45) is 0. The second-order valence-corrected chi connectivity index (χ2v) is 5.75. The van der Waals surface area contributed by atoms with E-state index in [1.807, 2.05) is 43.3 Å². The van der Waals surface area contributed by atoms with E-state index in [4.69, 9.17) is 4.74 Å². The highest BCUT2D eigenvalue weighted by Gasteiger charge is 2.15. The van der Waals surface area contributed by atoms with Gasteiger partial charge in [0, 0.05) is 30.9 Å². The number of hydrogen-bond acceptors (Lipinski definition) is 5. The lowest BCUT2D eigenvalue weighted by Crippen LogP contribution is -2.08. The number of halogens is 1. The quantitative estimate of drug-likeness (QED) is 0.729. The first-order chi connectivity index (χ1) is 12.0. The minimum absolute atomic E-state index is 0.0486. The summed E-state index contributed by atoms with van der Waals surface area (Å²) >= 11 is 0. The molecule has 0 saturated heterocycles. The lowest BCUT2D eigenvalue weighted by atomic mass is 10.1. The van der Waals surface area contributed by atoms with Gasteiger partial charge in [0.1, 0.15) is 11.3 Å². The Kier molecular flexibility index (Phi) is 4.52. The van der Waals surface area contributed by atoms with Gasteiger partial charge in [0.2, 0.25) is 0 Å². The molecule has 3 rings (SSSR count). The van der Waals surface area contributed by atoms with Crippen LogP contribution in [0.4, 0.5) is 21.5 Å². The molecule has 0 bridgehead atoms. The topological polar surface area (TPSA) is 54.5 Å². The SMILES string of the molecule is COC(=O)c1cc(Nc2ccc(N(C)C)cc2)c2cccc(F)c2n1. The molecule has 1 heterocycles. The van der Waals surface area contributed by atoms with Gasteiger partial charge in [0.25, 0.3) is 0 Å². The number of ether oxygens (including phenoxy) is 1. The summed E-state index contributed by atoms with van der Waals surface area (Å²) in [5.74, 6) is -1.11. The number of methoxy groups -OCH3 is 1. The standard InChI is InChI=1S/C19H18FN3O2/c1-23(2)13-9-7-12(8-10-13)21-16-11-17(19(24)25-3)22-18-14(16)5-4-6-15(18)20/h4-11H,1-3H3,(H,21,22). The summed E-state index contributed by atoms with van der Waals surface area (Å²) < 4.78 is 18.9. The average Bonchev–Trinajstić information content (AvgIpc) is 2.62. The maximum Gasteiger partial charge on any atom is 0.356 e. The molecule has 128 valence electrons. The van der Waals surface area contributed by atoms with Gasteiger partial charge < -0.3 is 15.0 Å². The number of para-hydroxylation sites is 1. The maximum atomic E-state index is 14.1. The first-order valence-corrected chi connectivity index (χ1v) is 7.71. The molecule has 1 N–H and O–H groups in total. The number of carbonyl (C=O) groups excluding carboxylic acids is 1. The first-order valence-electron chi connectivity index (χ1n) is 7.71. The van der Waals surface area contributed by atoms with Gasteiger partial charge in [-0.2, -0.15) is 0 Å². The number of nitrogens with zero attached hydrogens (tertiary/aromatic N) is 2. The molecule has 5 nitrogen and oxygen atoms in total. The number of fused-ring (bicyclic) bond motifs is 1. The number of esters is 1. The fraction of sp³-hybridized carbons (Fsp3) is 0.158. The Morgan fingerprint density at radius 1 is 1.16 bits per heavy atom. The van der Waals surface area contributed by atoms with Crippen molar-refractivity contribution in [1.82, 2.24) is 4.98 Å². The van der Waals surface area contributed by atoms with E-state index in [1.165, 1.54) is 13.2 Å². The number of carbonyl (C=O) groups is 1. The van der Waals surface area contributed by atoms with E-state index < -0.39 is 11.8 Å². The van der Waals surface area contributed by atoms with Crippen LogP contribution in [-0.4, -0.2) is 32.2 Å². The van der Waals surface area contributed by atoms with Gasteiger partial charge in [-0.3, -0.25) is 0 Å². The van der Waals surface area contributed by atoms with Crippen LogP contribution < -0.4 is 10.2 Å². The van der Waals surface area contributed by atoms with E-state index in [9.17, 15) is 9.18 Å². The number of anilines is 3. The molecule has 1 aromatic heterocycles. The number of pyridine rings is 1. The molecule has 0 spiro atoms. The second kappa shape index (κ2) is 6.76. The van der Waals surface area contributed by atoms with Gasteiger partial charge in [-0.25, -0.2) is 14.2 Å². The number of hydrogen-bond donors (Lipinski definition) is 1. The first kappa shape index (κ1) is 16.7. The molecule has 0 unspecified atom stereocenters. The normalized spacial score (nSPS) is 10.6. The highest BCUT2D eigenvalue weighted by molar-refractivity contribution is 5.99. The molecule has 0 aliphatic rings. The largest absolute Gasteiger partial charge is 0.464 e. The zero-order valence-electron chi connectivity index (χ0n) is 14.2. The van der Waals surface area contributed by atoms with E-state index in [0.29, 0.717) is 11.1 Å². The lowest BCUT2D eigenvalue weighted by Gasteiger charge is -2.15. The molecular formula is C19H18FN3O2. The van der Waals surface area contributed by atoms with Crippen LogP contribution >= 0.6 is 0 Å². The summed E-state index contributed by atoms with van der Waals surface area (Å²) in [6, 6.07) is 14.0. The molecule has 25 heavy (non-hydrogen) atoms. The molecule has 0 saturated carbocycles. The van der Waals surface area contributed by atoms with Crippen LogP contribution in [0.15, 0.2) is 48.5 Å². The van der Waals surface area contributed by atoms with Gasteiger partial charge in [-0.05, 0) is 36.4 Å². The van der Waals surface area contributed by atoms with Gasteiger partial charge in [-0.1, -0.05) is 12.1 Å². The summed E-state index contributed by atoms with van der Waals surface area (Å²) in [5, 5.41) is 3.81. The molecular weight excluding hydrogens is 321 g/mol. The van der Waals surface area contributed by atoms with Crippen molar-refractivity contribution in [2.45, 2.75) is 0 Å². The highest BCUT2D eigenvalue weighted by atomic mass is 19.1. The Hall–Kier alpha value is -3.15. The molecule has 6 heteroatoms. The molecule has 3 aromatic rings. The predicted molar refractivity (Wildman–Crippen MR) is 97.1 cm³/mol. The number of nitrogens with one attached hydrogen (secondary N) is 1. The molecule has 0 atom stereocenters. The third-order valence-electron chi connectivity index (χ3n) is 3.85. The van der Waals surface area contributed by atoms with Crippen molar-refractivity contribution in [2.24, 2.45) is 0 Å². The molecule has 2 aromatic carbocycles. The van der Waals surface area contributed by atoms with Crippen molar-refractivity contribution in [3.8, 4) is 0 Å². The third kappa shape index (κ3) is 3.38. The highest BCUT2D eigenvalue weighted by Crippen LogP contribution is 2.29. The zero-order chi connectivity index (χ0) is 18.0. The van der Waals surface area contributed by atoms with E-state index in [0.717, 1.165) is 11.4 Å². The Labute approximate surface area is 145 Å². The van der Waals surface area contributed by atoms with Gasteiger partial charge >= 0.3 is 5.97 Å². The summed E-state index contributed by atoms with van der Waals surface area (Å²) in [6.45, 7) is 0. The Bertz CT molecular complexity index is 924. The molecule has 0 aliphatic heterocycles. The zero-order valence-corrected chi connectivity index (χ0v) is 14.2. The Morgan fingerprint density at radius 2 is 1.88 bits per heavy atom. The predicted octanol–water partition coefficient (Wildman–Crippen LogP) is 3.97. The van der Waals surface area contributed by atoms with Crippen molar-refractivity contribution < 1.29 is 13.9 Å². The van der Waals surface area contributed by atoms with Crippen LogP contribution in [0.1, 0.15) is 10.5 Å². The van der Waals surface area contributed by atoms with E-state index in [1.54, 1.807) is 18.2 Å². The van der Waals surface area contributed by atoms with Crippen molar-refractivity contribution in [1.29, 1.82) is 0 Å². The van der Waals surface area contributed by atoms with Crippen LogP contribution in [0.5, 0.6) is 0 Å². The van der Waals surface area contributed by atoms with Crippen LogP contribution in [0.2, 0.25) is 0 Å². The van der Waals surface area contributed by atoms with Crippen molar-refractivity contribution in [3.05, 3.63) is 60.0 Å². The Balaban J connectivity index is 2.07. The average molecular weight is 339 g/mol. The van der Waals surface area contributed by atoms with E-state index in [2.05, 4.69) is 10.3 Å². The summed E-state index contributed by atoms with van der Waals surface area (Å²) in [4.78, 5) is 17.9. The van der Waals surface area contributed by atoms with Crippen LogP contribution in [-0.2, 0) is 4.74 Å². The number of aromatic nitrogens is 1. The van der Waals surface area contributed by atoms with E-state index >= 15 is 0 Å². The minimum Gasteiger partial charge on any atom is -0.464 e. The molecule has 0 radical (unpaired) electrons. The third-order valence-corrected chi connectivity index (χ3v) is 3.85. The summed E-state index contributed by atoms with van der Waals surface area (Å²) in [7, 11) is 5.19. The summed E-state index contributed by atoms with van der Waals surface area (Å²) in [5.41, 5.74) is 2.64. The van der Waals surface area contributed by atoms with Crippen molar-refractivity contribution >= 4 is 33.9 Å². The smallest absolute Gasteiger partial charge is 0.356 e. The van der Waals surface area contributed by atoms with Crippen LogP contribution in [0, 0.1) is 5.82 Å². The molecule has 0 aliphatic carbocycles. The lowest BCUT2D eigenvalue weighted by molar-refractivity contribution is 0.0594. The van der Waals surface area contributed by atoms with Gasteiger partial charge in [-0.15, -0.1) is 0 Å². The fourth-order valence-corrected chi connectivity index (χ4v) is 2.52. The van der Waals surface area contributed by atoms with Crippen LogP contribution in [0.3, 0.4) is 0 Å². The number of rotatable bonds is 4. The monoisotopic (exact) mass is 339 g/mol. The maximum absolute atomic E-state index is 14.1. The number of benzene rings is 2. The molecule has 0 amide bonds. The second-order valence-electron chi connectivity index (χ2n) is 5.75. The van der Waals surface area contributed by atoms with Gasteiger partial charge in [0.15, 0.2) is 5.69 Å². The minimum atomic E-state index is -0.615. The van der Waals surface area contributed by atoms with Crippen LogP contribution in [0.25, 0.3) is 10.9 Å².